The molecular formula is C23H22BrClN2O3S. The van der Waals surface area contributed by atoms with Gasteiger partial charge in [0.25, 0.3) is 0 Å². The van der Waals surface area contributed by atoms with E-state index in [1.54, 1.807) is 0 Å². The largest absolute Gasteiger partial charge is 0.348 e. The fourth-order valence-corrected chi connectivity index (χ4v) is 4.83. The Labute approximate surface area is 196 Å². The van der Waals surface area contributed by atoms with Gasteiger partial charge in [-0.3, -0.25) is 4.79 Å². The molecule has 0 heterocycles. The zero-order valence-electron chi connectivity index (χ0n) is 16.8. The third-order valence-electron chi connectivity index (χ3n) is 4.72. The van der Waals surface area contributed by atoms with Gasteiger partial charge in [-0.25, -0.2) is 8.42 Å². The molecule has 0 radical (unpaired) electrons. The van der Waals surface area contributed by atoms with Gasteiger partial charge in [0, 0.05) is 16.0 Å². The van der Waals surface area contributed by atoms with E-state index in [1.165, 1.54) is 28.6 Å². The number of rotatable bonds is 8. The van der Waals surface area contributed by atoms with Gasteiger partial charge < -0.3 is 5.32 Å². The van der Waals surface area contributed by atoms with Crippen molar-refractivity contribution in [3.8, 4) is 0 Å². The zero-order chi connectivity index (χ0) is 22.4. The quantitative estimate of drug-likeness (QED) is 0.445. The van der Waals surface area contributed by atoms with Gasteiger partial charge in [0.05, 0.1) is 17.5 Å². The van der Waals surface area contributed by atoms with Crippen molar-refractivity contribution in [2.75, 3.05) is 6.54 Å². The zero-order valence-corrected chi connectivity index (χ0v) is 20.0. The number of halogens is 2. The van der Waals surface area contributed by atoms with Crippen LogP contribution in [0, 0.1) is 0 Å². The smallest absolute Gasteiger partial charge is 0.243 e. The van der Waals surface area contributed by atoms with E-state index in [-0.39, 0.29) is 29.9 Å². The highest BCUT2D eigenvalue weighted by atomic mass is 79.9. The molecule has 0 fully saturated rings. The van der Waals surface area contributed by atoms with Crippen LogP contribution in [0.3, 0.4) is 0 Å². The maximum absolute atomic E-state index is 13.3. The van der Waals surface area contributed by atoms with Gasteiger partial charge >= 0.3 is 0 Å². The molecule has 162 valence electrons. The second-order valence-corrected chi connectivity index (χ2v) is 10.3. The Morgan fingerprint density at radius 1 is 1.00 bits per heavy atom. The van der Waals surface area contributed by atoms with E-state index in [2.05, 4.69) is 21.2 Å². The third-order valence-corrected chi connectivity index (χ3v) is 7.31. The fourth-order valence-electron chi connectivity index (χ4n) is 3.05. The molecule has 31 heavy (non-hydrogen) atoms. The molecule has 1 N–H and O–H groups in total. The lowest BCUT2D eigenvalue weighted by atomic mass is 10.1. The van der Waals surface area contributed by atoms with Crippen molar-refractivity contribution in [2.45, 2.75) is 24.4 Å². The summed E-state index contributed by atoms with van der Waals surface area (Å²) in [5.74, 6) is -0.385. The van der Waals surface area contributed by atoms with Crippen LogP contribution in [0.15, 0.2) is 88.2 Å². The van der Waals surface area contributed by atoms with Crippen molar-refractivity contribution in [1.82, 2.24) is 9.62 Å². The van der Waals surface area contributed by atoms with E-state index in [0.717, 1.165) is 15.6 Å². The predicted molar refractivity (Wildman–Crippen MR) is 126 cm³/mol. The summed E-state index contributed by atoms with van der Waals surface area (Å²) in [4.78, 5) is 12.9. The number of hydrogen-bond donors (Lipinski definition) is 1. The van der Waals surface area contributed by atoms with Crippen LogP contribution in [0.25, 0.3) is 0 Å². The highest BCUT2D eigenvalue weighted by molar-refractivity contribution is 9.10. The summed E-state index contributed by atoms with van der Waals surface area (Å²) in [6.07, 6.45) is 0. The fraction of sp³-hybridized carbons (Fsp3) is 0.174. The van der Waals surface area contributed by atoms with Crippen molar-refractivity contribution >= 4 is 43.5 Å². The molecule has 3 aromatic carbocycles. The molecule has 3 rings (SSSR count). The third kappa shape index (κ3) is 6.40. The van der Waals surface area contributed by atoms with Gasteiger partial charge in [0.15, 0.2) is 0 Å². The number of carbonyl (C=O) groups is 1. The molecule has 0 aliphatic heterocycles. The van der Waals surface area contributed by atoms with Crippen molar-refractivity contribution < 1.29 is 13.2 Å². The normalized spacial score (nSPS) is 12.5. The van der Waals surface area contributed by atoms with Gasteiger partial charge in [-0.15, -0.1) is 0 Å². The summed E-state index contributed by atoms with van der Waals surface area (Å²) in [5, 5.41) is 3.32. The Hall–Kier alpha value is -2.19. The van der Waals surface area contributed by atoms with Gasteiger partial charge in [0.2, 0.25) is 15.9 Å². The molecular weight excluding hydrogens is 500 g/mol. The predicted octanol–water partition coefficient (Wildman–Crippen LogP) is 5.17. The molecule has 0 aromatic heterocycles. The molecule has 8 heteroatoms. The van der Waals surface area contributed by atoms with Crippen LogP contribution in [-0.4, -0.2) is 25.2 Å². The lowest BCUT2D eigenvalue weighted by molar-refractivity contribution is -0.122. The first-order chi connectivity index (χ1) is 14.8. The van der Waals surface area contributed by atoms with E-state index in [4.69, 9.17) is 11.6 Å². The van der Waals surface area contributed by atoms with E-state index in [0.29, 0.717) is 5.02 Å². The highest BCUT2D eigenvalue weighted by Gasteiger charge is 2.27. The summed E-state index contributed by atoms with van der Waals surface area (Å²) < 4.78 is 28.7. The minimum absolute atomic E-state index is 0.0753. The SMILES string of the molecule is CC(NC(=O)CN(Cc1ccccc1)S(=O)(=O)c1ccc(Cl)cc1)c1ccc(Br)cc1. The van der Waals surface area contributed by atoms with Gasteiger partial charge in [-0.1, -0.05) is 70.0 Å². The van der Waals surface area contributed by atoms with Crippen molar-refractivity contribution in [1.29, 1.82) is 0 Å². The Morgan fingerprint density at radius 2 is 1.61 bits per heavy atom. The summed E-state index contributed by atoms with van der Waals surface area (Å²) >= 11 is 9.29. The Morgan fingerprint density at radius 3 is 2.23 bits per heavy atom. The number of hydrogen-bond acceptors (Lipinski definition) is 3. The van der Waals surface area contributed by atoms with Gasteiger partial charge in [0.1, 0.15) is 0 Å². The Kier molecular flexibility index (Phi) is 7.89. The molecule has 0 spiro atoms. The first-order valence-electron chi connectivity index (χ1n) is 9.60. The first kappa shape index (κ1) is 23.5. The van der Waals surface area contributed by atoms with Crippen LogP contribution < -0.4 is 5.32 Å². The molecule has 1 unspecified atom stereocenters. The number of carbonyl (C=O) groups excluding carboxylic acids is 1. The molecule has 0 aliphatic rings. The summed E-state index contributed by atoms with van der Waals surface area (Å²) in [6.45, 7) is 1.63. The van der Waals surface area contributed by atoms with Crippen LogP contribution in [0.2, 0.25) is 5.02 Å². The standard InChI is InChI=1S/C23H22BrClN2O3S/c1-17(19-7-9-20(24)10-8-19)26-23(28)16-27(15-18-5-3-2-4-6-18)31(29,30)22-13-11-21(25)12-14-22/h2-14,17H,15-16H2,1H3,(H,26,28). The number of sulfonamides is 1. The number of nitrogens with one attached hydrogen (secondary N) is 1. The first-order valence-corrected chi connectivity index (χ1v) is 12.2. The molecule has 0 saturated carbocycles. The van der Waals surface area contributed by atoms with Crippen LogP contribution in [-0.2, 0) is 21.4 Å². The highest BCUT2D eigenvalue weighted by Crippen LogP contribution is 2.21. The molecule has 0 bridgehead atoms. The van der Waals surface area contributed by atoms with Crippen LogP contribution >= 0.6 is 27.5 Å². The number of nitrogens with zero attached hydrogens (tertiary/aromatic N) is 1. The molecule has 0 saturated heterocycles. The molecule has 1 atom stereocenters. The second kappa shape index (κ2) is 10.4. The van der Waals surface area contributed by atoms with E-state index in [9.17, 15) is 13.2 Å². The molecule has 5 nitrogen and oxygen atoms in total. The van der Waals surface area contributed by atoms with E-state index < -0.39 is 10.0 Å². The number of amides is 1. The second-order valence-electron chi connectivity index (χ2n) is 7.05. The lowest BCUT2D eigenvalue weighted by Gasteiger charge is -2.23. The molecule has 0 aliphatic carbocycles. The maximum atomic E-state index is 13.3. The van der Waals surface area contributed by atoms with Crippen molar-refractivity contribution in [3.63, 3.8) is 0 Å². The van der Waals surface area contributed by atoms with Gasteiger partial charge in [-0.2, -0.15) is 4.31 Å². The average molecular weight is 522 g/mol. The van der Waals surface area contributed by atoms with E-state index >= 15 is 0 Å². The summed E-state index contributed by atoms with van der Waals surface area (Å²) in [7, 11) is -3.91. The molecule has 3 aromatic rings. The summed E-state index contributed by atoms with van der Waals surface area (Å²) in [5.41, 5.74) is 1.71. The van der Waals surface area contributed by atoms with Crippen molar-refractivity contribution in [3.05, 3.63) is 99.5 Å². The molecule has 1 amide bonds. The minimum atomic E-state index is -3.91. The van der Waals surface area contributed by atoms with Gasteiger partial charge in [-0.05, 0) is 54.4 Å². The lowest BCUT2D eigenvalue weighted by Crippen LogP contribution is -2.41. The minimum Gasteiger partial charge on any atom is -0.348 e. The Bertz CT molecular complexity index is 1120. The number of benzene rings is 3. The Balaban J connectivity index is 1.81. The van der Waals surface area contributed by atoms with Crippen LogP contribution in [0.1, 0.15) is 24.1 Å². The van der Waals surface area contributed by atoms with E-state index in [1.807, 2.05) is 61.5 Å². The van der Waals surface area contributed by atoms with Crippen LogP contribution in [0.4, 0.5) is 0 Å². The average Bonchev–Trinajstić information content (AvgIpc) is 2.74. The monoisotopic (exact) mass is 520 g/mol. The maximum Gasteiger partial charge on any atom is 0.243 e. The van der Waals surface area contributed by atoms with Crippen molar-refractivity contribution in [2.24, 2.45) is 0 Å². The topological polar surface area (TPSA) is 66.5 Å². The van der Waals surface area contributed by atoms with Crippen LogP contribution in [0.5, 0.6) is 0 Å². The summed E-state index contributed by atoms with van der Waals surface area (Å²) in [6, 6.07) is 22.4.